The average molecular weight is 552 g/mol. The van der Waals surface area contributed by atoms with Crippen LogP contribution < -0.4 is 21.1 Å². The number of aryl methyl sites for hydroxylation is 1. The average Bonchev–Trinajstić information content (AvgIpc) is 3.61. The van der Waals surface area contributed by atoms with Crippen LogP contribution in [0.3, 0.4) is 0 Å². The summed E-state index contributed by atoms with van der Waals surface area (Å²) in [4.78, 5) is 20.1. The minimum Gasteiger partial charge on any atom is -0.450 e. The van der Waals surface area contributed by atoms with Crippen molar-refractivity contribution < 1.29 is 4.74 Å². The lowest BCUT2D eigenvalue weighted by Gasteiger charge is -2.23. The van der Waals surface area contributed by atoms with Crippen LogP contribution in [0, 0.1) is 0 Å². The third kappa shape index (κ3) is 5.21. The normalized spacial score (nSPS) is 16.7. The largest absolute Gasteiger partial charge is 0.450 e. The van der Waals surface area contributed by atoms with Crippen molar-refractivity contribution in [1.82, 2.24) is 39.2 Å². The zero-order valence-electron chi connectivity index (χ0n) is 23.0. The highest BCUT2D eigenvalue weighted by atomic mass is 35.5. The van der Waals surface area contributed by atoms with Crippen molar-refractivity contribution in [2.24, 2.45) is 12.8 Å². The first-order valence-corrected chi connectivity index (χ1v) is 13.1. The fourth-order valence-electron chi connectivity index (χ4n) is 4.69. The Morgan fingerprint density at radius 1 is 1.15 bits per heavy atom. The summed E-state index contributed by atoms with van der Waals surface area (Å²) in [7, 11) is 5.78. The van der Waals surface area contributed by atoms with Crippen LogP contribution in [0.4, 0.5) is 17.6 Å². The number of fused-ring (bicyclic) bond motifs is 1. The molecule has 0 unspecified atom stereocenters. The molecule has 0 aromatic carbocycles. The highest BCUT2D eigenvalue weighted by Gasteiger charge is 2.29. The van der Waals surface area contributed by atoms with Gasteiger partial charge in [0.15, 0.2) is 23.0 Å². The Morgan fingerprint density at radius 3 is 2.56 bits per heavy atom. The molecule has 1 atom stereocenters. The Hall–Kier alpha value is -3.90. The maximum absolute atomic E-state index is 6.80. The molecule has 0 aliphatic carbocycles. The third-order valence-electron chi connectivity index (χ3n) is 6.79. The molecule has 5 rings (SSSR count). The van der Waals surface area contributed by atoms with E-state index in [1.807, 2.05) is 11.6 Å². The second-order valence-electron chi connectivity index (χ2n) is 10.7. The van der Waals surface area contributed by atoms with Gasteiger partial charge >= 0.3 is 0 Å². The van der Waals surface area contributed by atoms with E-state index >= 15 is 0 Å². The number of nitrogens with two attached hydrogens (primary N) is 1. The summed E-state index contributed by atoms with van der Waals surface area (Å²) >= 11 is 6.80. The number of hydrogen-bond acceptors (Lipinski definition) is 10. The summed E-state index contributed by atoms with van der Waals surface area (Å²) < 4.78 is 10.0. The Labute approximate surface area is 232 Å². The van der Waals surface area contributed by atoms with Crippen molar-refractivity contribution in [1.29, 1.82) is 0 Å². The molecule has 0 radical (unpaired) electrons. The SMILES string of the molecule is CNc1cnc(C(=CN)Oc2cnc3nc(Nc4cc(C(C)(C)C)n([C@@H]5CCN(C)C5)n4)n(C)c3c2Cl)cn1. The fraction of sp³-hybridized carbons (Fsp3) is 0.423. The predicted octanol–water partition coefficient (Wildman–Crippen LogP) is 3.90. The highest BCUT2D eigenvalue weighted by molar-refractivity contribution is 6.36. The van der Waals surface area contributed by atoms with Crippen LogP contribution >= 0.6 is 11.6 Å². The molecule has 1 saturated heterocycles. The van der Waals surface area contributed by atoms with Crippen LogP contribution in [0.2, 0.25) is 5.02 Å². The maximum atomic E-state index is 6.80. The third-order valence-corrected chi connectivity index (χ3v) is 7.16. The van der Waals surface area contributed by atoms with E-state index in [9.17, 15) is 0 Å². The molecule has 4 N–H and O–H groups in total. The number of nitrogens with one attached hydrogen (secondary N) is 2. The zero-order valence-corrected chi connectivity index (χ0v) is 23.8. The van der Waals surface area contributed by atoms with Gasteiger partial charge in [-0.1, -0.05) is 32.4 Å². The van der Waals surface area contributed by atoms with Crippen LogP contribution in [0.5, 0.6) is 5.75 Å². The van der Waals surface area contributed by atoms with Gasteiger partial charge in [-0.3, -0.25) is 4.68 Å². The molecule has 0 bridgehead atoms. The molecule has 1 aliphatic heterocycles. The summed E-state index contributed by atoms with van der Waals surface area (Å²) in [5.74, 6) is 2.53. The number of ether oxygens (including phenoxy) is 1. The molecule has 12 nitrogen and oxygen atoms in total. The van der Waals surface area contributed by atoms with E-state index in [2.05, 4.69) is 74.0 Å². The first-order valence-electron chi connectivity index (χ1n) is 12.8. The molecular formula is C26H34ClN11O. The van der Waals surface area contributed by atoms with Gasteiger partial charge in [-0.25, -0.2) is 15.0 Å². The van der Waals surface area contributed by atoms with Crippen molar-refractivity contribution in [2.45, 2.75) is 38.6 Å². The summed E-state index contributed by atoms with van der Waals surface area (Å²) in [6, 6.07) is 2.43. The maximum Gasteiger partial charge on any atom is 0.210 e. The second-order valence-corrected chi connectivity index (χ2v) is 11.1. The molecule has 13 heteroatoms. The lowest BCUT2D eigenvalue weighted by molar-refractivity contribution is 0.366. The van der Waals surface area contributed by atoms with E-state index in [1.165, 1.54) is 18.1 Å². The van der Waals surface area contributed by atoms with E-state index in [0.717, 1.165) is 25.3 Å². The van der Waals surface area contributed by atoms with Crippen molar-refractivity contribution >= 4 is 46.1 Å². The van der Waals surface area contributed by atoms with Crippen LogP contribution in [0.1, 0.15) is 44.6 Å². The highest BCUT2D eigenvalue weighted by Crippen LogP contribution is 2.36. The number of likely N-dealkylation sites (N-methyl/N-ethyl adjacent to an activating group) is 1. The van der Waals surface area contributed by atoms with E-state index in [4.69, 9.17) is 27.2 Å². The second kappa shape index (κ2) is 10.3. The molecule has 1 aliphatic rings. The number of halogens is 1. The molecule has 0 spiro atoms. The van der Waals surface area contributed by atoms with E-state index < -0.39 is 0 Å². The van der Waals surface area contributed by atoms with E-state index in [1.54, 1.807) is 19.4 Å². The Kier molecular flexibility index (Phi) is 7.08. The summed E-state index contributed by atoms with van der Waals surface area (Å²) in [5, 5.41) is 11.6. The van der Waals surface area contributed by atoms with Gasteiger partial charge in [0.1, 0.15) is 22.1 Å². The lowest BCUT2D eigenvalue weighted by Crippen LogP contribution is -2.24. The first kappa shape index (κ1) is 26.7. The van der Waals surface area contributed by atoms with E-state index in [0.29, 0.717) is 51.2 Å². The van der Waals surface area contributed by atoms with Gasteiger partial charge in [-0.05, 0) is 20.0 Å². The summed E-state index contributed by atoms with van der Waals surface area (Å²) in [6.45, 7) is 8.64. The first-order chi connectivity index (χ1) is 18.6. The van der Waals surface area contributed by atoms with Gasteiger partial charge in [-0.15, -0.1) is 0 Å². The molecule has 4 aromatic rings. The lowest BCUT2D eigenvalue weighted by atomic mass is 9.91. The van der Waals surface area contributed by atoms with Crippen LogP contribution in [0.15, 0.2) is 30.9 Å². The number of aromatic nitrogens is 7. The monoisotopic (exact) mass is 551 g/mol. The Balaban J connectivity index is 1.44. The quantitative estimate of drug-likeness (QED) is 0.290. The van der Waals surface area contributed by atoms with Gasteiger partial charge in [0, 0.05) is 44.0 Å². The van der Waals surface area contributed by atoms with Gasteiger partial charge in [0.05, 0.1) is 24.6 Å². The number of rotatable bonds is 7. The molecule has 39 heavy (non-hydrogen) atoms. The van der Waals surface area contributed by atoms with Crippen molar-refractivity contribution in [2.75, 3.05) is 37.8 Å². The number of imidazole rings is 1. The predicted molar refractivity (Wildman–Crippen MR) is 153 cm³/mol. The molecule has 5 heterocycles. The Bertz CT molecular complexity index is 1520. The zero-order chi connectivity index (χ0) is 27.9. The minimum atomic E-state index is -0.0660. The molecule has 0 saturated carbocycles. The standard InChI is InChI=1S/C26H34ClN11O/c1-26(2,3)19-9-20(35-38(19)15-7-8-36(5)14-15)33-25-34-24-23(37(25)6)22(27)18(12-32-24)39-17(10-28)16-11-31-21(29-4)13-30-16/h9-13,15H,7-8,14,28H2,1-6H3,(H,29,31)(H,32,33,34,35)/t15-/m1/s1. The number of likely N-dealkylation sites (tertiary alicyclic amines) is 1. The molecule has 4 aromatic heterocycles. The van der Waals surface area contributed by atoms with Gasteiger partial charge in [0.2, 0.25) is 5.95 Å². The number of nitrogens with zero attached hydrogens (tertiary/aromatic N) is 8. The Morgan fingerprint density at radius 2 is 1.95 bits per heavy atom. The molecular weight excluding hydrogens is 518 g/mol. The van der Waals surface area contributed by atoms with Crippen LogP contribution in [0.25, 0.3) is 16.9 Å². The van der Waals surface area contributed by atoms with Crippen molar-refractivity contribution in [3.63, 3.8) is 0 Å². The number of hydrogen-bond donors (Lipinski definition) is 3. The number of anilines is 3. The minimum absolute atomic E-state index is 0.0660. The topological polar surface area (TPSA) is 137 Å². The molecule has 206 valence electrons. The summed E-state index contributed by atoms with van der Waals surface area (Å²) in [6.07, 6.45) is 7.04. The van der Waals surface area contributed by atoms with E-state index in [-0.39, 0.29) is 5.41 Å². The van der Waals surface area contributed by atoms with Crippen LogP contribution in [-0.4, -0.2) is 66.4 Å². The van der Waals surface area contributed by atoms with Gasteiger partial charge < -0.3 is 30.6 Å². The molecule has 0 amide bonds. The van der Waals surface area contributed by atoms with Crippen molar-refractivity contribution in [3.05, 3.63) is 47.3 Å². The van der Waals surface area contributed by atoms with Crippen LogP contribution in [-0.2, 0) is 12.5 Å². The summed E-state index contributed by atoms with van der Waals surface area (Å²) in [5.41, 5.74) is 8.47. The van der Waals surface area contributed by atoms with Gasteiger partial charge in [0.25, 0.3) is 0 Å². The van der Waals surface area contributed by atoms with Crippen molar-refractivity contribution in [3.8, 4) is 5.75 Å². The smallest absolute Gasteiger partial charge is 0.210 e. The molecule has 1 fully saturated rings. The number of pyridine rings is 1. The van der Waals surface area contributed by atoms with Gasteiger partial charge in [-0.2, -0.15) is 10.1 Å². The fourth-order valence-corrected chi connectivity index (χ4v) is 4.99.